The number of hydrogen-bond donors (Lipinski definition) is 0. The molecule has 1 heterocycles. The molecule has 1 fully saturated rings. The molecule has 1 rings (SSSR count). The van der Waals surface area contributed by atoms with Crippen LogP contribution in [0.2, 0.25) is 0 Å². The number of likely N-dealkylation sites (tertiary alicyclic amines) is 1. The minimum absolute atomic E-state index is 0.163. The van der Waals surface area contributed by atoms with Gasteiger partial charge in [-0.05, 0) is 25.8 Å². The fourth-order valence-electron chi connectivity index (χ4n) is 2.79. The van der Waals surface area contributed by atoms with E-state index in [1.807, 2.05) is 0 Å². The molecule has 0 radical (unpaired) electrons. The van der Waals surface area contributed by atoms with Gasteiger partial charge in [-0.25, -0.2) is 0 Å². The van der Waals surface area contributed by atoms with Crippen molar-refractivity contribution in [2.24, 2.45) is 0 Å². The van der Waals surface area contributed by atoms with Crippen LogP contribution in [0.25, 0.3) is 0 Å². The molecule has 0 aromatic rings. The molecule has 0 bridgehead atoms. The average molecular weight is 265 g/mol. The third-order valence-electron chi connectivity index (χ3n) is 3.97. The Labute approximate surface area is 117 Å². The van der Waals surface area contributed by atoms with Gasteiger partial charge >= 0.3 is 0 Å². The predicted molar refractivity (Wildman–Crippen MR) is 76.6 cm³/mol. The maximum Gasteiger partial charge on any atom is 0.223 e. The number of piperidine rings is 1. The summed E-state index contributed by atoms with van der Waals surface area (Å²) in [5, 5.41) is 8.53. The minimum atomic E-state index is 0.163. The van der Waals surface area contributed by atoms with Gasteiger partial charge in [0.15, 0.2) is 0 Å². The Hall–Kier alpha value is -1.08. The summed E-state index contributed by atoms with van der Waals surface area (Å²) in [6.45, 7) is 4.79. The van der Waals surface area contributed by atoms with E-state index in [-0.39, 0.29) is 5.91 Å². The number of rotatable bonds is 7. The first kappa shape index (κ1) is 16.0. The summed E-state index contributed by atoms with van der Waals surface area (Å²) >= 11 is 0. The van der Waals surface area contributed by atoms with Crippen molar-refractivity contribution in [3.05, 3.63) is 0 Å². The van der Waals surface area contributed by atoms with E-state index >= 15 is 0 Å². The van der Waals surface area contributed by atoms with Crippen LogP contribution < -0.4 is 0 Å². The first-order valence-electron chi connectivity index (χ1n) is 7.54. The lowest BCUT2D eigenvalue weighted by molar-refractivity contribution is -0.130. The molecule has 4 nitrogen and oxygen atoms in total. The Bertz CT molecular complexity index is 309. The van der Waals surface area contributed by atoms with Gasteiger partial charge < -0.3 is 4.90 Å². The zero-order valence-electron chi connectivity index (χ0n) is 12.4. The fraction of sp³-hybridized carbons (Fsp3) is 0.867. The number of hydrogen-bond acceptors (Lipinski definition) is 3. The fourth-order valence-corrected chi connectivity index (χ4v) is 2.79. The van der Waals surface area contributed by atoms with Crippen molar-refractivity contribution in [2.45, 2.75) is 57.9 Å². The second-order valence-electron chi connectivity index (χ2n) is 5.45. The lowest BCUT2D eigenvalue weighted by Crippen LogP contribution is -2.41. The molecule has 0 N–H and O–H groups in total. The predicted octanol–water partition coefficient (Wildman–Crippen LogP) is 2.40. The van der Waals surface area contributed by atoms with Crippen molar-refractivity contribution in [3.63, 3.8) is 0 Å². The van der Waals surface area contributed by atoms with Crippen LogP contribution in [0.5, 0.6) is 0 Å². The number of nitrogens with zero attached hydrogens (tertiary/aromatic N) is 3. The Kier molecular flexibility index (Phi) is 7.50. The van der Waals surface area contributed by atoms with Crippen LogP contribution in [0, 0.1) is 11.3 Å². The monoisotopic (exact) mass is 265 g/mol. The molecule has 1 atom stereocenters. The van der Waals surface area contributed by atoms with Crippen LogP contribution in [-0.4, -0.2) is 48.4 Å². The standard InChI is InChI=1S/C15H27N3O/c1-3-7-14-8-4-5-12-18(14)13-9-15(19)17(2)11-6-10-16/h14H,3-9,11-13H2,1-2H3. The molecule has 1 amide bonds. The number of carbonyl (C=O) groups excluding carboxylic acids is 1. The van der Waals surface area contributed by atoms with E-state index in [2.05, 4.69) is 17.9 Å². The van der Waals surface area contributed by atoms with E-state index in [9.17, 15) is 4.79 Å². The van der Waals surface area contributed by atoms with Crippen molar-refractivity contribution < 1.29 is 4.79 Å². The summed E-state index contributed by atoms with van der Waals surface area (Å²) in [6, 6.07) is 2.76. The highest BCUT2D eigenvalue weighted by atomic mass is 16.2. The van der Waals surface area contributed by atoms with Gasteiger partial charge in [0.1, 0.15) is 0 Å². The Balaban J connectivity index is 2.33. The third-order valence-corrected chi connectivity index (χ3v) is 3.97. The normalized spacial score (nSPS) is 19.9. The molecular weight excluding hydrogens is 238 g/mol. The van der Waals surface area contributed by atoms with Gasteiger partial charge in [-0.2, -0.15) is 5.26 Å². The lowest BCUT2D eigenvalue weighted by Gasteiger charge is -2.35. The Morgan fingerprint density at radius 1 is 1.47 bits per heavy atom. The number of carbonyl (C=O) groups is 1. The van der Waals surface area contributed by atoms with Crippen molar-refractivity contribution in [1.29, 1.82) is 5.26 Å². The molecule has 1 saturated heterocycles. The molecule has 0 aromatic carbocycles. The lowest BCUT2D eigenvalue weighted by atomic mass is 9.98. The van der Waals surface area contributed by atoms with Crippen molar-refractivity contribution in [3.8, 4) is 6.07 Å². The Morgan fingerprint density at radius 2 is 2.26 bits per heavy atom. The molecular formula is C15H27N3O. The molecule has 4 heteroatoms. The van der Waals surface area contributed by atoms with Crippen molar-refractivity contribution in [1.82, 2.24) is 9.80 Å². The van der Waals surface area contributed by atoms with E-state index in [1.54, 1.807) is 11.9 Å². The van der Waals surface area contributed by atoms with Crippen LogP contribution in [0.15, 0.2) is 0 Å². The maximum absolute atomic E-state index is 11.9. The molecule has 0 aromatic heterocycles. The van der Waals surface area contributed by atoms with Gasteiger partial charge in [0.25, 0.3) is 0 Å². The third kappa shape index (κ3) is 5.61. The zero-order chi connectivity index (χ0) is 14.1. The summed E-state index contributed by atoms with van der Waals surface area (Å²) in [7, 11) is 1.79. The first-order chi connectivity index (χ1) is 9.19. The second kappa shape index (κ2) is 8.92. The molecule has 108 valence electrons. The largest absolute Gasteiger partial charge is 0.345 e. The molecule has 1 aliphatic rings. The highest BCUT2D eigenvalue weighted by molar-refractivity contribution is 5.76. The summed E-state index contributed by atoms with van der Waals surface area (Å²) in [5.74, 6) is 0.163. The van der Waals surface area contributed by atoms with E-state index < -0.39 is 0 Å². The van der Waals surface area contributed by atoms with Gasteiger partial charge in [0.05, 0.1) is 12.5 Å². The average Bonchev–Trinajstić information content (AvgIpc) is 2.43. The highest BCUT2D eigenvalue weighted by Gasteiger charge is 2.22. The van der Waals surface area contributed by atoms with Crippen molar-refractivity contribution in [2.75, 3.05) is 26.7 Å². The number of amides is 1. The topological polar surface area (TPSA) is 47.3 Å². The molecule has 19 heavy (non-hydrogen) atoms. The van der Waals surface area contributed by atoms with Crippen LogP contribution in [0.3, 0.4) is 0 Å². The number of nitriles is 1. The van der Waals surface area contributed by atoms with Gasteiger partial charge in [-0.3, -0.25) is 9.69 Å². The summed E-state index contributed by atoms with van der Waals surface area (Å²) < 4.78 is 0. The molecule has 0 saturated carbocycles. The summed E-state index contributed by atoms with van der Waals surface area (Å²) in [5.41, 5.74) is 0. The molecule has 0 aliphatic carbocycles. The second-order valence-corrected chi connectivity index (χ2v) is 5.45. The smallest absolute Gasteiger partial charge is 0.223 e. The quantitative estimate of drug-likeness (QED) is 0.710. The van der Waals surface area contributed by atoms with E-state index in [0.29, 0.717) is 25.4 Å². The van der Waals surface area contributed by atoms with Crippen LogP contribution in [0.1, 0.15) is 51.9 Å². The van der Waals surface area contributed by atoms with Gasteiger partial charge in [-0.1, -0.05) is 19.8 Å². The molecule has 1 aliphatic heterocycles. The van der Waals surface area contributed by atoms with Gasteiger partial charge in [0.2, 0.25) is 5.91 Å². The summed E-state index contributed by atoms with van der Waals surface area (Å²) in [6.07, 6.45) is 7.35. The van der Waals surface area contributed by atoms with E-state index in [4.69, 9.17) is 5.26 Å². The first-order valence-corrected chi connectivity index (χ1v) is 7.54. The van der Waals surface area contributed by atoms with E-state index in [0.717, 1.165) is 13.1 Å². The highest BCUT2D eigenvalue weighted by Crippen LogP contribution is 2.20. The van der Waals surface area contributed by atoms with Crippen LogP contribution in [0.4, 0.5) is 0 Å². The maximum atomic E-state index is 11.9. The zero-order valence-corrected chi connectivity index (χ0v) is 12.4. The Morgan fingerprint density at radius 3 is 2.95 bits per heavy atom. The summed E-state index contributed by atoms with van der Waals surface area (Å²) in [4.78, 5) is 16.1. The van der Waals surface area contributed by atoms with Crippen LogP contribution in [-0.2, 0) is 4.79 Å². The minimum Gasteiger partial charge on any atom is -0.345 e. The van der Waals surface area contributed by atoms with E-state index in [1.165, 1.54) is 32.1 Å². The van der Waals surface area contributed by atoms with Crippen LogP contribution >= 0.6 is 0 Å². The van der Waals surface area contributed by atoms with Gasteiger partial charge in [0, 0.05) is 32.6 Å². The molecule has 0 spiro atoms. The van der Waals surface area contributed by atoms with Crippen molar-refractivity contribution >= 4 is 5.91 Å². The molecule has 1 unspecified atom stereocenters. The SMILES string of the molecule is CCCC1CCCCN1CCC(=O)N(C)CCC#N. The van der Waals surface area contributed by atoms with Gasteiger partial charge in [-0.15, -0.1) is 0 Å².